The van der Waals surface area contributed by atoms with E-state index in [0.717, 1.165) is 51.7 Å². The lowest BCUT2D eigenvalue weighted by molar-refractivity contribution is -0.129. The Bertz CT molecular complexity index is 1030. The number of rotatable bonds is 14. The van der Waals surface area contributed by atoms with Gasteiger partial charge in [-0.15, -0.1) is 0 Å². The van der Waals surface area contributed by atoms with Crippen LogP contribution in [0.4, 0.5) is 0 Å². The summed E-state index contributed by atoms with van der Waals surface area (Å²) >= 11 is 0. The number of aliphatic hydroxyl groups is 1. The van der Waals surface area contributed by atoms with Crippen LogP contribution in [0.25, 0.3) is 0 Å². The van der Waals surface area contributed by atoms with Crippen molar-refractivity contribution in [2.75, 3.05) is 33.3 Å². The fourth-order valence-corrected chi connectivity index (χ4v) is 4.53. The number of ether oxygens (including phenoxy) is 1. The van der Waals surface area contributed by atoms with Crippen molar-refractivity contribution in [3.63, 3.8) is 0 Å². The fourth-order valence-electron chi connectivity index (χ4n) is 4.53. The molecule has 2 aromatic rings. The van der Waals surface area contributed by atoms with Crippen molar-refractivity contribution in [1.29, 1.82) is 0 Å². The quantitative estimate of drug-likeness (QED) is 0.360. The molecule has 7 heteroatoms. The number of hydrogen-bond acceptors (Lipinski definition) is 6. The van der Waals surface area contributed by atoms with E-state index < -0.39 is 23.5 Å². The third kappa shape index (κ3) is 6.34. The number of nitrogens with zero attached hydrogens (tertiary/aromatic N) is 2. The predicted octanol–water partition coefficient (Wildman–Crippen LogP) is 5.47. The average molecular weight is 483 g/mol. The SMILES string of the molecule is CCCCN(CCCC)CCCN1C(=O)C(O)=C(C(=O)c2ccc(C)o2)[C@H]1c1cccc(OC)c1. The Balaban J connectivity index is 1.87. The molecule has 7 nitrogen and oxygen atoms in total. The third-order valence-electron chi connectivity index (χ3n) is 6.45. The third-order valence-corrected chi connectivity index (χ3v) is 6.45. The fraction of sp³-hybridized carbons (Fsp3) is 0.500. The van der Waals surface area contributed by atoms with Gasteiger partial charge in [0.2, 0.25) is 5.78 Å². The molecule has 0 fully saturated rings. The molecule has 0 bridgehead atoms. The molecule has 1 aromatic heterocycles. The Hall–Kier alpha value is -3.06. The number of carbonyl (C=O) groups is 2. The molecule has 0 unspecified atom stereocenters. The van der Waals surface area contributed by atoms with E-state index in [4.69, 9.17) is 9.15 Å². The largest absolute Gasteiger partial charge is 0.503 e. The van der Waals surface area contributed by atoms with Gasteiger partial charge >= 0.3 is 0 Å². The minimum absolute atomic E-state index is 0.0476. The highest BCUT2D eigenvalue weighted by Gasteiger charge is 2.44. The highest BCUT2D eigenvalue weighted by atomic mass is 16.5. The number of ketones is 1. The van der Waals surface area contributed by atoms with Gasteiger partial charge in [0.15, 0.2) is 11.5 Å². The maximum atomic E-state index is 13.4. The lowest BCUT2D eigenvalue weighted by Crippen LogP contribution is -2.35. The number of amides is 1. The Kier molecular flexibility index (Phi) is 9.55. The lowest BCUT2D eigenvalue weighted by Gasteiger charge is -2.28. The van der Waals surface area contributed by atoms with Crippen molar-refractivity contribution in [2.45, 2.75) is 58.9 Å². The van der Waals surface area contributed by atoms with Crippen molar-refractivity contribution in [3.8, 4) is 5.75 Å². The predicted molar refractivity (Wildman–Crippen MR) is 136 cm³/mol. The minimum Gasteiger partial charge on any atom is -0.503 e. The van der Waals surface area contributed by atoms with Crippen molar-refractivity contribution < 1.29 is 23.8 Å². The molecule has 190 valence electrons. The second-order valence-electron chi connectivity index (χ2n) is 9.08. The zero-order chi connectivity index (χ0) is 25.4. The smallest absolute Gasteiger partial charge is 0.290 e. The molecule has 3 rings (SSSR count). The van der Waals surface area contributed by atoms with Gasteiger partial charge in [0.25, 0.3) is 5.91 Å². The van der Waals surface area contributed by atoms with Gasteiger partial charge < -0.3 is 24.1 Å². The van der Waals surface area contributed by atoms with E-state index in [9.17, 15) is 14.7 Å². The number of Topliss-reactive ketones (excluding diaryl/α,β-unsaturated/α-hetero) is 1. The van der Waals surface area contributed by atoms with E-state index in [2.05, 4.69) is 18.7 Å². The Morgan fingerprint density at radius 2 is 1.77 bits per heavy atom. The van der Waals surface area contributed by atoms with Gasteiger partial charge in [0, 0.05) is 6.54 Å². The van der Waals surface area contributed by atoms with Gasteiger partial charge in [-0.3, -0.25) is 9.59 Å². The summed E-state index contributed by atoms with van der Waals surface area (Å²) in [6.45, 7) is 9.48. The second kappa shape index (κ2) is 12.6. The minimum atomic E-state index is -0.713. The zero-order valence-electron chi connectivity index (χ0n) is 21.4. The van der Waals surface area contributed by atoms with Gasteiger partial charge in [-0.2, -0.15) is 0 Å². The molecule has 0 saturated carbocycles. The maximum Gasteiger partial charge on any atom is 0.290 e. The van der Waals surface area contributed by atoms with E-state index in [-0.39, 0.29) is 11.3 Å². The highest BCUT2D eigenvalue weighted by Crippen LogP contribution is 2.40. The van der Waals surface area contributed by atoms with Crippen molar-refractivity contribution in [1.82, 2.24) is 9.80 Å². The Morgan fingerprint density at radius 3 is 2.37 bits per heavy atom. The zero-order valence-corrected chi connectivity index (χ0v) is 21.4. The van der Waals surface area contributed by atoms with Gasteiger partial charge in [-0.1, -0.05) is 38.8 Å². The molecule has 1 aliphatic heterocycles. The van der Waals surface area contributed by atoms with E-state index in [0.29, 0.717) is 23.6 Å². The summed E-state index contributed by atoms with van der Waals surface area (Å²) < 4.78 is 10.9. The van der Waals surface area contributed by atoms with Gasteiger partial charge in [-0.25, -0.2) is 0 Å². The first kappa shape index (κ1) is 26.5. The molecule has 1 aromatic carbocycles. The summed E-state index contributed by atoms with van der Waals surface area (Å²) in [4.78, 5) is 30.6. The molecule has 1 amide bonds. The van der Waals surface area contributed by atoms with Crippen molar-refractivity contribution >= 4 is 11.7 Å². The van der Waals surface area contributed by atoms with Crippen LogP contribution in [0.1, 0.15) is 73.9 Å². The number of carbonyl (C=O) groups excluding carboxylic acids is 2. The molecule has 1 N–H and O–H groups in total. The van der Waals surface area contributed by atoms with Crippen LogP contribution in [-0.4, -0.2) is 59.9 Å². The Labute approximate surface area is 208 Å². The molecule has 35 heavy (non-hydrogen) atoms. The summed E-state index contributed by atoms with van der Waals surface area (Å²) in [5, 5.41) is 10.8. The highest BCUT2D eigenvalue weighted by molar-refractivity contribution is 6.15. The molecule has 0 saturated heterocycles. The van der Waals surface area contributed by atoms with Gasteiger partial charge in [0.1, 0.15) is 11.5 Å². The summed E-state index contributed by atoms with van der Waals surface area (Å²) in [6, 6.07) is 9.84. The number of aryl methyl sites for hydroxylation is 1. The van der Waals surface area contributed by atoms with Gasteiger partial charge in [0.05, 0.1) is 18.7 Å². The topological polar surface area (TPSA) is 83.2 Å². The number of methoxy groups -OCH3 is 1. The summed E-state index contributed by atoms with van der Waals surface area (Å²) in [6.07, 6.45) is 5.31. The molecule has 2 heterocycles. The van der Waals surface area contributed by atoms with E-state index in [1.165, 1.54) is 0 Å². The van der Waals surface area contributed by atoms with Crippen LogP contribution in [0.2, 0.25) is 0 Å². The van der Waals surface area contributed by atoms with Crippen LogP contribution < -0.4 is 4.74 Å². The van der Waals surface area contributed by atoms with Crippen LogP contribution in [0.15, 0.2) is 52.1 Å². The first-order valence-electron chi connectivity index (χ1n) is 12.6. The van der Waals surface area contributed by atoms with Crippen molar-refractivity contribution in [2.24, 2.45) is 0 Å². The van der Waals surface area contributed by atoms with Crippen LogP contribution in [0.5, 0.6) is 5.75 Å². The molecule has 1 aliphatic rings. The van der Waals surface area contributed by atoms with E-state index >= 15 is 0 Å². The van der Waals surface area contributed by atoms with Gasteiger partial charge in [-0.05, 0) is 75.6 Å². The van der Waals surface area contributed by atoms with E-state index in [1.807, 2.05) is 18.2 Å². The molecule has 0 radical (unpaired) electrons. The first-order valence-corrected chi connectivity index (χ1v) is 12.6. The lowest BCUT2D eigenvalue weighted by atomic mass is 9.95. The molecule has 0 aliphatic carbocycles. The number of hydrogen-bond donors (Lipinski definition) is 1. The normalized spacial score (nSPS) is 16.0. The maximum absolute atomic E-state index is 13.4. The van der Waals surface area contributed by atoms with Crippen LogP contribution >= 0.6 is 0 Å². The monoisotopic (exact) mass is 482 g/mol. The number of aliphatic hydroxyl groups excluding tert-OH is 1. The van der Waals surface area contributed by atoms with E-state index in [1.54, 1.807) is 37.1 Å². The second-order valence-corrected chi connectivity index (χ2v) is 9.08. The van der Waals surface area contributed by atoms with Crippen molar-refractivity contribution in [3.05, 3.63) is 64.8 Å². The molecule has 1 atom stereocenters. The standard InChI is InChI=1S/C28H38N2O5/c1-5-7-15-29(16-8-6-2)17-10-18-30-25(21-11-9-12-22(19-21)34-4)24(27(32)28(30)33)26(31)23-14-13-20(3)35-23/h9,11-14,19,25,32H,5-8,10,15-18H2,1-4H3/t25-/m1/s1. The first-order chi connectivity index (χ1) is 16.9. The molecular weight excluding hydrogens is 444 g/mol. The van der Waals surface area contributed by atoms with Crippen LogP contribution in [0.3, 0.4) is 0 Å². The van der Waals surface area contributed by atoms with Crippen LogP contribution in [0, 0.1) is 6.92 Å². The summed E-state index contributed by atoms with van der Waals surface area (Å²) in [5.74, 6) is -0.202. The summed E-state index contributed by atoms with van der Waals surface area (Å²) in [7, 11) is 1.57. The molecular formula is C28H38N2O5. The number of unbranched alkanes of at least 4 members (excludes halogenated alkanes) is 2. The Morgan fingerprint density at radius 1 is 1.09 bits per heavy atom. The number of benzene rings is 1. The van der Waals surface area contributed by atoms with Crippen LogP contribution in [-0.2, 0) is 4.79 Å². The summed E-state index contributed by atoms with van der Waals surface area (Å²) in [5.41, 5.74) is 0.758. The molecule has 0 spiro atoms. The average Bonchev–Trinajstić information content (AvgIpc) is 3.41. The number of furan rings is 1.